The molecule has 1 aromatic carbocycles. The zero-order valence-electron chi connectivity index (χ0n) is 9.13. The van der Waals surface area contributed by atoms with Crippen molar-refractivity contribution in [3.63, 3.8) is 0 Å². The molecule has 0 spiro atoms. The summed E-state index contributed by atoms with van der Waals surface area (Å²) < 4.78 is 6.76. The van der Waals surface area contributed by atoms with Crippen LogP contribution in [0.3, 0.4) is 0 Å². The monoisotopic (exact) mass is 268 g/mol. The molecule has 1 nitrogen and oxygen atoms in total. The lowest BCUT2D eigenvalue weighted by atomic mass is 10.2. The molecule has 0 radical (unpaired) electrons. The summed E-state index contributed by atoms with van der Waals surface area (Å²) in [5, 5.41) is 0. The molecule has 0 aliphatic rings. The molecule has 0 fully saturated rings. The van der Waals surface area contributed by atoms with Gasteiger partial charge in [0.15, 0.2) is 0 Å². The van der Waals surface area contributed by atoms with Crippen LogP contribution in [-0.4, -0.2) is 6.61 Å². The lowest BCUT2D eigenvalue weighted by Crippen LogP contribution is -1.97. The molecule has 2 heteroatoms. The van der Waals surface area contributed by atoms with Crippen LogP contribution in [-0.2, 0) is 0 Å². The van der Waals surface area contributed by atoms with Gasteiger partial charge in [-0.15, -0.1) is 6.58 Å². The highest BCUT2D eigenvalue weighted by atomic mass is 79.9. The molecule has 0 aromatic heterocycles. The van der Waals surface area contributed by atoms with Crippen molar-refractivity contribution in [1.82, 2.24) is 0 Å². The molecule has 0 bridgehead atoms. The van der Waals surface area contributed by atoms with Crippen molar-refractivity contribution < 1.29 is 4.74 Å². The Bertz CT molecular complexity index is 320. The molecular formula is C13H17BrO. The third-order valence-corrected chi connectivity index (χ3v) is 3.09. The first-order valence-corrected chi connectivity index (χ1v) is 6.03. The third kappa shape index (κ3) is 4.52. The van der Waals surface area contributed by atoms with E-state index in [9.17, 15) is 0 Å². The minimum absolute atomic E-state index is 0.787. The molecule has 15 heavy (non-hydrogen) atoms. The highest BCUT2D eigenvalue weighted by molar-refractivity contribution is 9.10. The Morgan fingerprint density at radius 2 is 2.20 bits per heavy atom. The first kappa shape index (κ1) is 12.3. The van der Waals surface area contributed by atoms with Gasteiger partial charge in [-0.3, -0.25) is 0 Å². The van der Waals surface area contributed by atoms with Gasteiger partial charge in [0.05, 0.1) is 6.61 Å². The van der Waals surface area contributed by atoms with Crippen molar-refractivity contribution in [2.75, 3.05) is 6.61 Å². The van der Waals surface area contributed by atoms with Gasteiger partial charge in [-0.25, -0.2) is 0 Å². The van der Waals surface area contributed by atoms with Crippen LogP contribution < -0.4 is 4.74 Å². The topological polar surface area (TPSA) is 9.23 Å². The van der Waals surface area contributed by atoms with Crippen LogP contribution in [0, 0.1) is 6.92 Å². The fourth-order valence-electron chi connectivity index (χ4n) is 1.29. The summed E-state index contributed by atoms with van der Waals surface area (Å²) in [4.78, 5) is 0. The quantitative estimate of drug-likeness (QED) is 0.546. The highest BCUT2D eigenvalue weighted by Gasteiger charge is 1.97. The van der Waals surface area contributed by atoms with Crippen molar-refractivity contribution in [1.29, 1.82) is 0 Å². The second-order valence-electron chi connectivity index (χ2n) is 3.54. The second kappa shape index (κ2) is 6.67. The van der Waals surface area contributed by atoms with Gasteiger partial charge < -0.3 is 4.74 Å². The Balaban J connectivity index is 2.31. The van der Waals surface area contributed by atoms with Crippen LogP contribution in [0.15, 0.2) is 35.3 Å². The first-order valence-electron chi connectivity index (χ1n) is 5.24. The van der Waals surface area contributed by atoms with Gasteiger partial charge in [0.25, 0.3) is 0 Å². The predicted molar refractivity (Wildman–Crippen MR) is 68.4 cm³/mol. The van der Waals surface area contributed by atoms with Gasteiger partial charge in [0.1, 0.15) is 5.75 Å². The molecule has 0 amide bonds. The fraction of sp³-hybridized carbons (Fsp3) is 0.385. The van der Waals surface area contributed by atoms with Gasteiger partial charge in [0, 0.05) is 4.47 Å². The van der Waals surface area contributed by atoms with Crippen LogP contribution >= 0.6 is 15.9 Å². The summed E-state index contributed by atoms with van der Waals surface area (Å²) in [6.07, 6.45) is 5.26. The number of halogens is 1. The molecule has 1 aromatic rings. The lowest BCUT2D eigenvalue weighted by molar-refractivity contribution is 0.307. The van der Waals surface area contributed by atoms with Crippen molar-refractivity contribution in [3.05, 3.63) is 40.9 Å². The summed E-state index contributed by atoms with van der Waals surface area (Å²) >= 11 is 3.47. The van der Waals surface area contributed by atoms with Gasteiger partial charge >= 0.3 is 0 Å². The molecule has 0 aliphatic carbocycles. The van der Waals surface area contributed by atoms with E-state index in [1.54, 1.807) is 0 Å². The molecule has 0 N–H and O–H groups in total. The number of unbranched alkanes of at least 4 members (excludes halogenated alkanes) is 2. The van der Waals surface area contributed by atoms with E-state index in [0.717, 1.165) is 36.1 Å². The minimum atomic E-state index is 0.787. The summed E-state index contributed by atoms with van der Waals surface area (Å²) in [7, 11) is 0. The molecule has 1 rings (SSSR count). The largest absolute Gasteiger partial charge is 0.494 e. The Morgan fingerprint density at radius 1 is 1.40 bits per heavy atom. The maximum Gasteiger partial charge on any atom is 0.119 e. The number of aryl methyl sites for hydroxylation is 1. The number of rotatable bonds is 6. The van der Waals surface area contributed by atoms with Gasteiger partial charge in [0.2, 0.25) is 0 Å². The maximum absolute atomic E-state index is 5.63. The standard InChI is InChI=1S/C13H17BrO/c1-3-4-5-6-9-15-12-7-8-13(14)11(2)10-12/h3,7-8,10H,1,4-6,9H2,2H3. The van der Waals surface area contributed by atoms with Crippen LogP contribution in [0.2, 0.25) is 0 Å². The SMILES string of the molecule is C=CCCCCOc1ccc(Br)c(C)c1. The maximum atomic E-state index is 5.63. The zero-order valence-corrected chi connectivity index (χ0v) is 10.7. The van der Waals surface area contributed by atoms with Crippen LogP contribution in [0.25, 0.3) is 0 Å². The van der Waals surface area contributed by atoms with Crippen molar-refractivity contribution >= 4 is 15.9 Å². The van der Waals surface area contributed by atoms with Gasteiger partial charge in [-0.1, -0.05) is 22.0 Å². The van der Waals surface area contributed by atoms with E-state index in [-0.39, 0.29) is 0 Å². The van der Waals surface area contributed by atoms with Crippen LogP contribution in [0.5, 0.6) is 5.75 Å². The normalized spacial score (nSPS) is 10.0. The predicted octanol–water partition coefficient (Wildman–Crippen LogP) is 4.49. The number of allylic oxidation sites excluding steroid dienone is 1. The average Bonchev–Trinajstić information content (AvgIpc) is 2.23. The number of hydrogen-bond acceptors (Lipinski definition) is 1. The Hall–Kier alpha value is -0.760. The lowest BCUT2D eigenvalue weighted by Gasteiger charge is -2.07. The van der Waals surface area contributed by atoms with Crippen molar-refractivity contribution in [3.8, 4) is 5.75 Å². The number of benzene rings is 1. The molecule has 0 aliphatic heterocycles. The number of ether oxygens (including phenoxy) is 1. The first-order chi connectivity index (χ1) is 7.24. The Labute approximate surface area is 100 Å². The third-order valence-electron chi connectivity index (χ3n) is 2.20. The summed E-state index contributed by atoms with van der Waals surface area (Å²) in [5.41, 5.74) is 1.21. The van der Waals surface area contributed by atoms with E-state index in [4.69, 9.17) is 4.74 Å². The Kier molecular flexibility index (Phi) is 5.48. The van der Waals surface area contributed by atoms with E-state index < -0.39 is 0 Å². The highest BCUT2D eigenvalue weighted by Crippen LogP contribution is 2.21. The van der Waals surface area contributed by atoms with Crippen LogP contribution in [0.4, 0.5) is 0 Å². The average molecular weight is 269 g/mol. The number of hydrogen-bond donors (Lipinski definition) is 0. The van der Waals surface area contributed by atoms with E-state index in [1.807, 2.05) is 18.2 Å². The summed E-state index contributed by atoms with van der Waals surface area (Å²) in [6, 6.07) is 6.07. The molecule has 0 saturated carbocycles. The van der Waals surface area contributed by atoms with E-state index in [1.165, 1.54) is 5.56 Å². The molecular weight excluding hydrogens is 252 g/mol. The minimum Gasteiger partial charge on any atom is -0.494 e. The molecule has 0 unspecified atom stereocenters. The molecule has 0 saturated heterocycles. The smallest absolute Gasteiger partial charge is 0.119 e. The Morgan fingerprint density at radius 3 is 2.87 bits per heavy atom. The summed E-state index contributed by atoms with van der Waals surface area (Å²) in [5.74, 6) is 0.953. The summed E-state index contributed by atoms with van der Waals surface area (Å²) in [6.45, 7) is 6.54. The van der Waals surface area contributed by atoms with E-state index >= 15 is 0 Å². The van der Waals surface area contributed by atoms with E-state index in [2.05, 4.69) is 35.5 Å². The van der Waals surface area contributed by atoms with Crippen molar-refractivity contribution in [2.45, 2.75) is 26.2 Å². The van der Waals surface area contributed by atoms with Gasteiger partial charge in [-0.2, -0.15) is 0 Å². The van der Waals surface area contributed by atoms with E-state index in [0.29, 0.717) is 0 Å². The zero-order chi connectivity index (χ0) is 11.1. The fourth-order valence-corrected chi connectivity index (χ4v) is 1.53. The van der Waals surface area contributed by atoms with Gasteiger partial charge in [-0.05, 0) is 49.9 Å². The van der Waals surface area contributed by atoms with Crippen LogP contribution in [0.1, 0.15) is 24.8 Å². The second-order valence-corrected chi connectivity index (χ2v) is 4.40. The molecule has 82 valence electrons. The molecule has 0 heterocycles. The molecule has 0 atom stereocenters. The van der Waals surface area contributed by atoms with Crippen molar-refractivity contribution in [2.24, 2.45) is 0 Å².